The lowest BCUT2D eigenvalue weighted by atomic mass is 10.2. The Kier molecular flexibility index (Phi) is 3.47. The molecule has 0 spiro atoms. The summed E-state index contributed by atoms with van der Waals surface area (Å²) in [5.41, 5.74) is 0.878. The van der Waals surface area contributed by atoms with Crippen LogP contribution in [0.15, 0.2) is 18.2 Å². The van der Waals surface area contributed by atoms with E-state index >= 15 is 0 Å². The van der Waals surface area contributed by atoms with Crippen LogP contribution in [0, 0.1) is 0 Å². The molecule has 1 heterocycles. The quantitative estimate of drug-likeness (QED) is 0.851. The zero-order valence-corrected chi connectivity index (χ0v) is 9.92. The van der Waals surface area contributed by atoms with Crippen LogP contribution in [0.3, 0.4) is 0 Å². The van der Waals surface area contributed by atoms with E-state index in [1.807, 2.05) is 30.0 Å². The van der Waals surface area contributed by atoms with Gasteiger partial charge in [0.15, 0.2) is 0 Å². The lowest BCUT2D eigenvalue weighted by Gasteiger charge is -2.15. The molecule has 1 fully saturated rings. The van der Waals surface area contributed by atoms with Crippen LogP contribution in [0.2, 0.25) is 10.0 Å². The van der Waals surface area contributed by atoms with Crippen molar-refractivity contribution in [1.82, 2.24) is 0 Å². The van der Waals surface area contributed by atoms with Crippen molar-refractivity contribution in [3.05, 3.63) is 28.2 Å². The summed E-state index contributed by atoms with van der Waals surface area (Å²) in [7, 11) is 0. The molecular formula is C10H11Cl2NS. The fraction of sp³-hybridized carbons (Fsp3) is 0.400. The van der Waals surface area contributed by atoms with E-state index < -0.39 is 0 Å². The van der Waals surface area contributed by atoms with Crippen molar-refractivity contribution in [2.45, 2.75) is 12.5 Å². The van der Waals surface area contributed by atoms with Crippen LogP contribution in [0.1, 0.15) is 6.42 Å². The first-order valence-electron chi connectivity index (χ1n) is 4.55. The minimum Gasteiger partial charge on any atom is -0.379 e. The number of nitrogens with one attached hydrogen (secondary N) is 1. The van der Waals surface area contributed by atoms with Gasteiger partial charge in [-0.1, -0.05) is 29.3 Å². The number of hydrogen-bond acceptors (Lipinski definition) is 2. The standard InChI is InChI=1S/C10H11Cl2NS/c11-8-2-1-3-9(12)10(8)13-7-4-5-14-6-7/h1-3,7,13H,4-6H2. The molecule has 1 aliphatic heterocycles. The molecule has 1 N–H and O–H groups in total. The molecule has 1 aromatic rings. The normalized spacial score (nSPS) is 21.1. The molecular weight excluding hydrogens is 237 g/mol. The summed E-state index contributed by atoms with van der Waals surface area (Å²) in [4.78, 5) is 0. The molecule has 14 heavy (non-hydrogen) atoms. The molecule has 1 saturated heterocycles. The molecule has 1 atom stereocenters. The van der Waals surface area contributed by atoms with E-state index in [0.717, 1.165) is 11.4 Å². The van der Waals surface area contributed by atoms with Gasteiger partial charge in [-0.05, 0) is 24.3 Å². The number of anilines is 1. The summed E-state index contributed by atoms with van der Waals surface area (Å²) in [6.07, 6.45) is 1.19. The number of halogens is 2. The molecule has 1 aromatic carbocycles. The van der Waals surface area contributed by atoms with Crippen molar-refractivity contribution in [3.63, 3.8) is 0 Å². The van der Waals surface area contributed by atoms with Gasteiger partial charge in [0.2, 0.25) is 0 Å². The summed E-state index contributed by atoms with van der Waals surface area (Å²) < 4.78 is 0. The Morgan fingerprint density at radius 2 is 2.00 bits per heavy atom. The van der Waals surface area contributed by atoms with E-state index in [4.69, 9.17) is 23.2 Å². The van der Waals surface area contributed by atoms with E-state index in [-0.39, 0.29) is 0 Å². The lowest BCUT2D eigenvalue weighted by Crippen LogP contribution is -2.18. The summed E-state index contributed by atoms with van der Waals surface area (Å²) in [5.74, 6) is 2.36. The highest BCUT2D eigenvalue weighted by atomic mass is 35.5. The molecule has 76 valence electrons. The van der Waals surface area contributed by atoms with Crippen molar-refractivity contribution in [1.29, 1.82) is 0 Å². The van der Waals surface area contributed by atoms with Crippen molar-refractivity contribution >= 4 is 40.7 Å². The summed E-state index contributed by atoms with van der Waals surface area (Å²) in [6, 6.07) is 6.09. The van der Waals surface area contributed by atoms with Gasteiger partial charge in [-0.3, -0.25) is 0 Å². The third-order valence-electron chi connectivity index (χ3n) is 2.24. The fourth-order valence-corrected chi connectivity index (χ4v) is 3.15. The van der Waals surface area contributed by atoms with E-state index in [9.17, 15) is 0 Å². The van der Waals surface area contributed by atoms with Crippen LogP contribution >= 0.6 is 35.0 Å². The third-order valence-corrected chi connectivity index (χ3v) is 4.03. The van der Waals surface area contributed by atoms with E-state index in [0.29, 0.717) is 16.1 Å². The molecule has 1 unspecified atom stereocenters. The average molecular weight is 248 g/mol. The molecule has 0 bridgehead atoms. The predicted molar refractivity (Wildman–Crippen MR) is 65.8 cm³/mol. The van der Waals surface area contributed by atoms with Gasteiger partial charge in [0, 0.05) is 11.8 Å². The van der Waals surface area contributed by atoms with Crippen LogP contribution in [0.4, 0.5) is 5.69 Å². The molecule has 0 radical (unpaired) electrons. The Morgan fingerprint density at radius 3 is 2.57 bits per heavy atom. The Hall–Kier alpha value is -0.0500. The Balaban J connectivity index is 2.14. The third kappa shape index (κ3) is 2.30. The van der Waals surface area contributed by atoms with Crippen LogP contribution < -0.4 is 5.32 Å². The van der Waals surface area contributed by atoms with Crippen molar-refractivity contribution < 1.29 is 0 Å². The van der Waals surface area contributed by atoms with Gasteiger partial charge in [-0.2, -0.15) is 11.8 Å². The van der Waals surface area contributed by atoms with Crippen LogP contribution in [-0.4, -0.2) is 17.5 Å². The molecule has 1 nitrogen and oxygen atoms in total. The molecule has 0 saturated carbocycles. The maximum absolute atomic E-state index is 6.05. The first-order valence-corrected chi connectivity index (χ1v) is 6.47. The van der Waals surface area contributed by atoms with Gasteiger partial charge in [0.1, 0.15) is 0 Å². The second-order valence-electron chi connectivity index (χ2n) is 3.30. The topological polar surface area (TPSA) is 12.0 Å². The van der Waals surface area contributed by atoms with E-state index in [1.165, 1.54) is 12.2 Å². The van der Waals surface area contributed by atoms with Gasteiger partial charge in [0.05, 0.1) is 15.7 Å². The molecule has 0 aromatic heterocycles. The molecule has 0 amide bonds. The Morgan fingerprint density at radius 1 is 1.29 bits per heavy atom. The second-order valence-corrected chi connectivity index (χ2v) is 5.27. The van der Waals surface area contributed by atoms with Gasteiger partial charge in [-0.15, -0.1) is 0 Å². The Labute approximate surface area is 98.2 Å². The van der Waals surface area contributed by atoms with Crippen molar-refractivity contribution in [2.75, 3.05) is 16.8 Å². The van der Waals surface area contributed by atoms with Gasteiger partial charge < -0.3 is 5.32 Å². The zero-order valence-electron chi connectivity index (χ0n) is 7.59. The highest BCUT2D eigenvalue weighted by Gasteiger charge is 2.17. The maximum atomic E-state index is 6.05. The SMILES string of the molecule is Clc1cccc(Cl)c1NC1CCSC1. The van der Waals surface area contributed by atoms with E-state index in [1.54, 1.807) is 0 Å². The minimum atomic E-state index is 0.511. The minimum absolute atomic E-state index is 0.511. The van der Waals surface area contributed by atoms with Crippen molar-refractivity contribution in [3.8, 4) is 0 Å². The second kappa shape index (κ2) is 4.65. The smallest absolute Gasteiger partial charge is 0.0721 e. The number of para-hydroxylation sites is 1. The van der Waals surface area contributed by atoms with Crippen LogP contribution in [0.5, 0.6) is 0 Å². The molecule has 2 rings (SSSR count). The number of benzene rings is 1. The van der Waals surface area contributed by atoms with Gasteiger partial charge in [-0.25, -0.2) is 0 Å². The van der Waals surface area contributed by atoms with Crippen LogP contribution in [0.25, 0.3) is 0 Å². The van der Waals surface area contributed by atoms with Crippen molar-refractivity contribution in [2.24, 2.45) is 0 Å². The number of hydrogen-bond donors (Lipinski definition) is 1. The maximum Gasteiger partial charge on any atom is 0.0721 e. The lowest BCUT2D eigenvalue weighted by molar-refractivity contribution is 0.813. The summed E-state index contributed by atoms with van der Waals surface area (Å²) in [5, 5.41) is 4.80. The monoisotopic (exact) mass is 247 g/mol. The molecule has 0 aliphatic carbocycles. The summed E-state index contributed by atoms with van der Waals surface area (Å²) >= 11 is 14.1. The highest BCUT2D eigenvalue weighted by molar-refractivity contribution is 7.99. The summed E-state index contributed by atoms with van der Waals surface area (Å²) in [6.45, 7) is 0. The number of thioether (sulfide) groups is 1. The van der Waals surface area contributed by atoms with E-state index in [2.05, 4.69) is 5.32 Å². The van der Waals surface area contributed by atoms with Gasteiger partial charge >= 0.3 is 0 Å². The zero-order chi connectivity index (χ0) is 9.97. The Bertz CT molecular complexity index is 304. The fourth-order valence-electron chi connectivity index (χ4n) is 1.49. The van der Waals surface area contributed by atoms with Crippen LogP contribution in [-0.2, 0) is 0 Å². The molecule has 1 aliphatic rings. The molecule has 4 heteroatoms. The van der Waals surface area contributed by atoms with Gasteiger partial charge in [0.25, 0.3) is 0 Å². The first-order chi connectivity index (χ1) is 6.77. The average Bonchev–Trinajstić information content (AvgIpc) is 2.64. The largest absolute Gasteiger partial charge is 0.379 e. The first kappa shape index (κ1) is 10.5. The predicted octanol–water partition coefficient (Wildman–Crippen LogP) is 3.91. The highest BCUT2D eigenvalue weighted by Crippen LogP contribution is 2.32. The number of rotatable bonds is 2.